The summed E-state index contributed by atoms with van der Waals surface area (Å²) < 4.78 is 0. The average Bonchev–Trinajstić information content (AvgIpc) is 2.17. The quantitative estimate of drug-likeness (QED) is 0.802. The molecule has 1 rings (SSSR count). The van der Waals surface area contributed by atoms with Gasteiger partial charge in [0, 0.05) is 6.61 Å². The summed E-state index contributed by atoms with van der Waals surface area (Å²) in [5.74, 6) is 0. The largest absolute Gasteiger partial charge is 0.396 e. The summed E-state index contributed by atoms with van der Waals surface area (Å²) in [5, 5.41) is 17.9. The lowest BCUT2D eigenvalue weighted by molar-refractivity contribution is 0.299. The lowest BCUT2D eigenvalue weighted by Gasteiger charge is -2.19. The summed E-state index contributed by atoms with van der Waals surface area (Å²) in [4.78, 5) is 0. The monoisotopic (exact) mass is 203 g/mol. The molecule has 15 heavy (non-hydrogen) atoms. The van der Waals surface area contributed by atoms with E-state index in [1.165, 1.54) is 0 Å². The molecule has 1 aromatic rings. The molecule has 0 fully saturated rings. The van der Waals surface area contributed by atoms with E-state index < -0.39 is 0 Å². The molecule has 0 amide bonds. The maximum atomic E-state index is 9.00. The van der Waals surface area contributed by atoms with Gasteiger partial charge in [-0.3, -0.25) is 0 Å². The summed E-state index contributed by atoms with van der Waals surface area (Å²) in [6.45, 7) is 6.45. The van der Waals surface area contributed by atoms with Gasteiger partial charge in [0.05, 0.1) is 11.6 Å². The molecule has 0 bridgehead atoms. The Kier molecular flexibility index (Phi) is 3.49. The number of hydrogen-bond donors (Lipinski definition) is 1. The minimum atomic E-state index is 0.0589. The first-order valence-electron chi connectivity index (χ1n) is 5.13. The van der Waals surface area contributed by atoms with Crippen molar-refractivity contribution < 1.29 is 5.11 Å². The molecule has 2 nitrogen and oxygen atoms in total. The summed E-state index contributed by atoms with van der Waals surface area (Å²) >= 11 is 0. The van der Waals surface area contributed by atoms with Crippen molar-refractivity contribution in [2.45, 2.75) is 32.6 Å². The van der Waals surface area contributed by atoms with Crippen LogP contribution in [0.15, 0.2) is 18.2 Å². The summed E-state index contributed by atoms with van der Waals surface area (Å²) in [5.41, 5.74) is 2.81. The highest BCUT2D eigenvalue weighted by atomic mass is 16.2. The van der Waals surface area contributed by atoms with Crippen molar-refractivity contribution in [3.63, 3.8) is 0 Å². The van der Waals surface area contributed by atoms with Gasteiger partial charge in [0.1, 0.15) is 0 Å². The highest BCUT2D eigenvalue weighted by molar-refractivity contribution is 5.42. The normalized spacial score (nSPS) is 11.1. The molecule has 0 spiro atoms. The van der Waals surface area contributed by atoms with Crippen molar-refractivity contribution in [3.05, 3.63) is 34.9 Å². The van der Waals surface area contributed by atoms with E-state index in [-0.39, 0.29) is 12.0 Å². The second kappa shape index (κ2) is 4.46. The van der Waals surface area contributed by atoms with Crippen LogP contribution in [0.5, 0.6) is 0 Å². The Morgan fingerprint density at radius 2 is 2.00 bits per heavy atom. The van der Waals surface area contributed by atoms with Gasteiger partial charge in [0.2, 0.25) is 0 Å². The van der Waals surface area contributed by atoms with Crippen molar-refractivity contribution in [1.29, 1.82) is 5.26 Å². The molecule has 0 aromatic heterocycles. The van der Waals surface area contributed by atoms with Gasteiger partial charge in [-0.15, -0.1) is 0 Å². The Balaban J connectivity index is 3.15. The number of nitrogens with zero attached hydrogens (tertiary/aromatic N) is 1. The van der Waals surface area contributed by atoms with Crippen LogP contribution in [0.25, 0.3) is 0 Å². The fourth-order valence-corrected chi connectivity index (χ4v) is 1.49. The van der Waals surface area contributed by atoms with Crippen LogP contribution in [-0.2, 0) is 11.8 Å². The number of benzene rings is 1. The van der Waals surface area contributed by atoms with E-state index >= 15 is 0 Å². The zero-order valence-electron chi connectivity index (χ0n) is 9.54. The second-order valence-electron chi connectivity index (χ2n) is 4.71. The SMILES string of the molecule is CC(C)(C)c1ccc(CCO)c(C#N)c1. The van der Waals surface area contributed by atoms with Crippen LogP contribution < -0.4 is 0 Å². The Hall–Kier alpha value is -1.33. The van der Waals surface area contributed by atoms with Crippen molar-refractivity contribution >= 4 is 0 Å². The zero-order valence-corrected chi connectivity index (χ0v) is 9.54. The predicted octanol–water partition coefficient (Wildman–Crippen LogP) is 2.39. The molecule has 0 aliphatic carbocycles. The van der Waals surface area contributed by atoms with Crippen molar-refractivity contribution in [3.8, 4) is 6.07 Å². The van der Waals surface area contributed by atoms with Crippen molar-refractivity contribution in [1.82, 2.24) is 0 Å². The van der Waals surface area contributed by atoms with Crippen LogP contribution in [0, 0.1) is 11.3 Å². The van der Waals surface area contributed by atoms with Gasteiger partial charge in [-0.1, -0.05) is 32.9 Å². The highest BCUT2D eigenvalue weighted by Crippen LogP contribution is 2.24. The Labute approximate surface area is 91.2 Å². The number of aliphatic hydroxyl groups excluding tert-OH is 1. The number of nitriles is 1. The van der Waals surface area contributed by atoms with E-state index in [2.05, 4.69) is 26.8 Å². The Morgan fingerprint density at radius 3 is 2.47 bits per heavy atom. The lowest BCUT2D eigenvalue weighted by atomic mass is 9.85. The number of rotatable bonds is 2. The molecular formula is C13H17NO. The van der Waals surface area contributed by atoms with E-state index in [0.717, 1.165) is 11.1 Å². The molecule has 0 atom stereocenters. The Bertz CT molecular complexity index is 383. The molecule has 0 radical (unpaired) electrons. The first kappa shape index (κ1) is 11.7. The third-order valence-electron chi connectivity index (χ3n) is 2.48. The Morgan fingerprint density at radius 1 is 1.33 bits per heavy atom. The topological polar surface area (TPSA) is 44.0 Å². The van der Waals surface area contributed by atoms with E-state index in [1.54, 1.807) is 0 Å². The summed E-state index contributed by atoms with van der Waals surface area (Å²) in [6, 6.07) is 8.08. The predicted molar refractivity (Wildman–Crippen MR) is 60.6 cm³/mol. The molecular weight excluding hydrogens is 186 g/mol. The molecule has 0 saturated carbocycles. The number of hydrogen-bond acceptors (Lipinski definition) is 2. The van der Waals surface area contributed by atoms with E-state index in [9.17, 15) is 0 Å². The third kappa shape index (κ3) is 2.81. The minimum Gasteiger partial charge on any atom is -0.396 e. The molecule has 0 heterocycles. The van der Waals surface area contributed by atoms with Gasteiger partial charge in [0.15, 0.2) is 0 Å². The van der Waals surface area contributed by atoms with Crippen LogP contribution in [0.2, 0.25) is 0 Å². The average molecular weight is 203 g/mol. The molecule has 0 aliphatic rings. The highest BCUT2D eigenvalue weighted by Gasteiger charge is 2.15. The molecule has 1 aromatic carbocycles. The summed E-state index contributed by atoms with van der Waals surface area (Å²) in [6.07, 6.45) is 0.549. The first-order chi connectivity index (χ1) is 6.99. The van der Waals surface area contributed by atoms with Gasteiger partial charge in [-0.25, -0.2) is 0 Å². The van der Waals surface area contributed by atoms with Crippen molar-refractivity contribution in [2.24, 2.45) is 0 Å². The smallest absolute Gasteiger partial charge is 0.0994 e. The van der Waals surface area contributed by atoms with Gasteiger partial charge >= 0.3 is 0 Å². The molecule has 0 unspecified atom stereocenters. The fourth-order valence-electron chi connectivity index (χ4n) is 1.49. The van der Waals surface area contributed by atoms with Gasteiger partial charge < -0.3 is 5.11 Å². The number of aliphatic hydroxyl groups is 1. The van der Waals surface area contributed by atoms with Gasteiger partial charge in [0.25, 0.3) is 0 Å². The summed E-state index contributed by atoms with van der Waals surface area (Å²) in [7, 11) is 0. The second-order valence-corrected chi connectivity index (χ2v) is 4.71. The van der Waals surface area contributed by atoms with Crippen LogP contribution in [-0.4, -0.2) is 11.7 Å². The lowest BCUT2D eigenvalue weighted by Crippen LogP contribution is -2.11. The van der Waals surface area contributed by atoms with Gasteiger partial charge in [-0.05, 0) is 29.0 Å². The molecule has 2 heteroatoms. The van der Waals surface area contributed by atoms with E-state index in [1.807, 2.05) is 18.2 Å². The first-order valence-corrected chi connectivity index (χ1v) is 5.13. The zero-order chi connectivity index (χ0) is 11.5. The van der Waals surface area contributed by atoms with E-state index in [0.29, 0.717) is 12.0 Å². The minimum absolute atomic E-state index is 0.0589. The van der Waals surface area contributed by atoms with Crippen LogP contribution in [0.1, 0.15) is 37.5 Å². The van der Waals surface area contributed by atoms with E-state index in [4.69, 9.17) is 10.4 Å². The van der Waals surface area contributed by atoms with Crippen LogP contribution in [0.4, 0.5) is 0 Å². The molecule has 0 saturated heterocycles. The molecule has 80 valence electrons. The third-order valence-corrected chi connectivity index (χ3v) is 2.48. The van der Waals surface area contributed by atoms with Crippen LogP contribution >= 0.6 is 0 Å². The maximum absolute atomic E-state index is 9.00. The van der Waals surface area contributed by atoms with Crippen LogP contribution in [0.3, 0.4) is 0 Å². The van der Waals surface area contributed by atoms with Gasteiger partial charge in [-0.2, -0.15) is 5.26 Å². The molecule has 0 aliphatic heterocycles. The standard InChI is InChI=1S/C13H17NO/c1-13(2,3)12-5-4-10(6-7-15)11(8-12)9-14/h4-5,8,15H,6-7H2,1-3H3. The maximum Gasteiger partial charge on any atom is 0.0994 e. The fraction of sp³-hybridized carbons (Fsp3) is 0.462. The molecule has 1 N–H and O–H groups in total. The van der Waals surface area contributed by atoms with Crippen molar-refractivity contribution in [2.75, 3.05) is 6.61 Å².